The Kier molecular flexibility index (Phi) is 3.26. The van der Waals surface area contributed by atoms with Crippen molar-refractivity contribution in [2.24, 2.45) is 5.92 Å². The minimum atomic E-state index is 0.939. The van der Waals surface area contributed by atoms with Crippen molar-refractivity contribution in [2.75, 3.05) is 13.1 Å². The molecule has 1 nitrogen and oxygen atoms in total. The van der Waals surface area contributed by atoms with Crippen molar-refractivity contribution in [3.63, 3.8) is 0 Å². The molecule has 13 heavy (non-hydrogen) atoms. The Balaban J connectivity index is 1.88. The summed E-state index contributed by atoms with van der Waals surface area (Å²) in [5.74, 6) is 0.965. The van der Waals surface area contributed by atoms with Gasteiger partial charge < -0.3 is 4.90 Å². The molecule has 1 saturated heterocycles. The van der Waals surface area contributed by atoms with Crippen molar-refractivity contribution in [2.45, 2.75) is 57.9 Å². The van der Waals surface area contributed by atoms with Crippen LogP contribution in [0.15, 0.2) is 0 Å². The molecule has 2 atom stereocenters. The molecular weight excluding hydrogens is 158 g/mol. The predicted molar refractivity (Wildman–Crippen MR) is 56.8 cm³/mol. The third-order valence-electron chi connectivity index (χ3n) is 3.93. The monoisotopic (exact) mass is 181 g/mol. The van der Waals surface area contributed by atoms with Crippen LogP contribution in [0.25, 0.3) is 0 Å². The van der Waals surface area contributed by atoms with Gasteiger partial charge in [0.25, 0.3) is 0 Å². The second-order valence-electron chi connectivity index (χ2n) is 4.93. The van der Waals surface area contributed by atoms with Crippen molar-refractivity contribution in [1.29, 1.82) is 0 Å². The summed E-state index contributed by atoms with van der Waals surface area (Å²) in [4.78, 5) is 2.77. The molecule has 2 fully saturated rings. The second kappa shape index (κ2) is 4.45. The van der Waals surface area contributed by atoms with Crippen LogP contribution in [0.5, 0.6) is 0 Å². The van der Waals surface area contributed by atoms with Crippen molar-refractivity contribution >= 4 is 0 Å². The number of likely N-dealkylation sites (tertiary alicyclic amines) is 1. The van der Waals surface area contributed by atoms with Crippen molar-refractivity contribution in [1.82, 2.24) is 4.90 Å². The maximum Gasteiger partial charge on any atom is 0.0121 e. The summed E-state index contributed by atoms with van der Waals surface area (Å²) in [7, 11) is 0. The third-order valence-corrected chi connectivity index (χ3v) is 3.93. The van der Waals surface area contributed by atoms with E-state index in [-0.39, 0.29) is 0 Å². The Labute approximate surface area is 82.5 Å². The molecule has 1 heteroatoms. The minimum Gasteiger partial charge on any atom is -0.300 e. The van der Waals surface area contributed by atoms with Gasteiger partial charge in [0, 0.05) is 6.04 Å². The van der Waals surface area contributed by atoms with Gasteiger partial charge in [0.1, 0.15) is 0 Å². The molecule has 2 rings (SSSR count). The molecule has 1 aliphatic carbocycles. The lowest BCUT2D eigenvalue weighted by Crippen LogP contribution is -2.44. The SMILES string of the molecule is C[C@@H]1CCCC[C@H]1N1CCCCC1. The van der Waals surface area contributed by atoms with Gasteiger partial charge in [0.2, 0.25) is 0 Å². The van der Waals surface area contributed by atoms with Gasteiger partial charge >= 0.3 is 0 Å². The summed E-state index contributed by atoms with van der Waals surface area (Å²) >= 11 is 0. The molecule has 1 aliphatic heterocycles. The van der Waals surface area contributed by atoms with Gasteiger partial charge in [-0.05, 0) is 44.7 Å². The molecule has 0 bridgehead atoms. The Morgan fingerprint density at radius 3 is 2.23 bits per heavy atom. The van der Waals surface area contributed by atoms with Crippen LogP contribution in [0.2, 0.25) is 0 Å². The van der Waals surface area contributed by atoms with Gasteiger partial charge in [-0.2, -0.15) is 0 Å². The zero-order chi connectivity index (χ0) is 9.10. The average Bonchev–Trinajstić information content (AvgIpc) is 2.20. The molecule has 0 N–H and O–H groups in total. The Bertz CT molecular complexity index is 149. The maximum absolute atomic E-state index is 2.77. The van der Waals surface area contributed by atoms with Gasteiger partial charge in [-0.1, -0.05) is 26.2 Å². The lowest BCUT2D eigenvalue weighted by molar-refractivity contribution is 0.0922. The van der Waals surface area contributed by atoms with Crippen LogP contribution in [0, 0.1) is 5.92 Å². The summed E-state index contributed by atoms with van der Waals surface area (Å²) < 4.78 is 0. The van der Waals surface area contributed by atoms with E-state index in [4.69, 9.17) is 0 Å². The molecule has 2 aliphatic rings. The standard InChI is InChI=1S/C12H23N/c1-11-7-3-4-8-12(11)13-9-5-2-6-10-13/h11-12H,2-10H2,1H3/t11-,12-/m1/s1. The molecule has 0 radical (unpaired) electrons. The average molecular weight is 181 g/mol. The highest BCUT2D eigenvalue weighted by molar-refractivity contribution is 4.82. The minimum absolute atomic E-state index is 0.939. The van der Waals surface area contributed by atoms with E-state index in [2.05, 4.69) is 11.8 Å². The quantitative estimate of drug-likeness (QED) is 0.601. The van der Waals surface area contributed by atoms with Gasteiger partial charge in [-0.25, -0.2) is 0 Å². The number of hydrogen-bond acceptors (Lipinski definition) is 1. The van der Waals surface area contributed by atoms with Crippen LogP contribution < -0.4 is 0 Å². The fourth-order valence-electron chi connectivity index (χ4n) is 3.09. The fraction of sp³-hybridized carbons (Fsp3) is 1.00. The van der Waals surface area contributed by atoms with Crippen LogP contribution in [0.3, 0.4) is 0 Å². The summed E-state index contributed by atoms with van der Waals surface area (Å²) in [6.07, 6.45) is 10.3. The van der Waals surface area contributed by atoms with E-state index in [1.807, 2.05) is 0 Å². The molecule has 1 saturated carbocycles. The molecule has 1 heterocycles. The lowest BCUT2D eigenvalue weighted by Gasteiger charge is -2.40. The normalized spacial score (nSPS) is 37.6. The van der Waals surface area contributed by atoms with E-state index in [9.17, 15) is 0 Å². The van der Waals surface area contributed by atoms with Gasteiger partial charge in [-0.3, -0.25) is 0 Å². The largest absolute Gasteiger partial charge is 0.300 e. The summed E-state index contributed by atoms with van der Waals surface area (Å²) in [5.41, 5.74) is 0. The molecular formula is C12H23N. The van der Waals surface area contributed by atoms with Gasteiger partial charge in [0.05, 0.1) is 0 Å². The number of rotatable bonds is 1. The topological polar surface area (TPSA) is 3.24 Å². The summed E-state index contributed by atoms with van der Waals surface area (Å²) in [6, 6.07) is 0.939. The van der Waals surface area contributed by atoms with E-state index >= 15 is 0 Å². The Morgan fingerprint density at radius 1 is 0.846 bits per heavy atom. The van der Waals surface area contributed by atoms with E-state index < -0.39 is 0 Å². The zero-order valence-corrected chi connectivity index (χ0v) is 8.97. The fourth-order valence-corrected chi connectivity index (χ4v) is 3.09. The van der Waals surface area contributed by atoms with E-state index in [0.717, 1.165) is 12.0 Å². The van der Waals surface area contributed by atoms with Crippen molar-refractivity contribution < 1.29 is 0 Å². The van der Waals surface area contributed by atoms with Gasteiger partial charge in [-0.15, -0.1) is 0 Å². The molecule has 76 valence electrons. The zero-order valence-electron chi connectivity index (χ0n) is 8.97. The van der Waals surface area contributed by atoms with E-state index in [0.29, 0.717) is 0 Å². The third kappa shape index (κ3) is 2.25. The first-order valence-electron chi connectivity index (χ1n) is 6.12. The van der Waals surface area contributed by atoms with Crippen LogP contribution in [0.1, 0.15) is 51.9 Å². The van der Waals surface area contributed by atoms with Gasteiger partial charge in [0.15, 0.2) is 0 Å². The van der Waals surface area contributed by atoms with Crippen molar-refractivity contribution in [3.05, 3.63) is 0 Å². The summed E-state index contributed by atoms with van der Waals surface area (Å²) in [6.45, 7) is 5.22. The van der Waals surface area contributed by atoms with Crippen LogP contribution in [-0.2, 0) is 0 Å². The first kappa shape index (κ1) is 9.51. The highest BCUT2D eigenvalue weighted by Gasteiger charge is 2.27. The predicted octanol–water partition coefficient (Wildman–Crippen LogP) is 3.05. The highest BCUT2D eigenvalue weighted by Crippen LogP contribution is 2.29. The molecule has 0 unspecified atom stereocenters. The van der Waals surface area contributed by atoms with Crippen molar-refractivity contribution in [3.8, 4) is 0 Å². The molecule has 0 aromatic carbocycles. The number of piperidine rings is 1. The highest BCUT2D eigenvalue weighted by atomic mass is 15.2. The van der Waals surface area contributed by atoms with Crippen LogP contribution in [-0.4, -0.2) is 24.0 Å². The van der Waals surface area contributed by atoms with E-state index in [1.165, 1.54) is 58.0 Å². The van der Waals surface area contributed by atoms with E-state index in [1.54, 1.807) is 0 Å². The smallest absolute Gasteiger partial charge is 0.0121 e. The Morgan fingerprint density at radius 2 is 1.54 bits per heavy atom. The Hall–Kier alpha value is -0.0400. The molecule has 0 aromatic heterocycles. The second-order valence-corrected chi connectivity index (χ2v) is 4.93. The molecule has 0 spiro atoms. The molecule has 0 aromatic rings. The first-order valence-corrected chi connectivity index (χ1v) is 6.12. The number of nitrogens with zero attached hydrogens (tertiary/aromatic N) is 1. The van der Waals surface area contributed by atoms with Crippen LogP contribution in [0.4, 0.5) is 0 Å². The van der Waals surface area contributed by atoms with Crippen LogP contribution >= 0.6 is 0 Å². The maximum atomic E-state index is 2.77. The number of hydrogen-bond donors (Lipinski definition) is 0. The lowest BCUT2D eigenvalue weighted by atomic mass is 9.84. The summed E-state index contributed by atoms with van der Waals surface area (Å²) in [5, 5.41) is 0. The molecule has 0 amide bonds. The first-order chi connectivity index (χ1) is 6.38.